The topological polar surface area (TPSA) is 69.6 Å². The quantitative estimate of drug-likeness (QED) is 0.877. The normalized spacial score (nSPS) is 22.2. The van der Waals surface area contributed by atoms with Gasteiger partial charge in [-0.2, -0.15) is 0 Å². The van der Waals surface area contributed by atoms with Gasteiger partial charge in [-0.05, 0) is 37.7 Å². The van der Waals surface area contributed by atoms with Crippen molar-refractivity contribution in [1.29, 1.82) is 0 Å². The zero-order valence-electron chi connectivity index (χ0n) is 12.9. The van der Waals surface area contributed by atoms with E-state index in [4.69, 9.17) is 0 Å². The number of nitrogens with zero attached hydrogens (tertiary/aromatic N) is 1. The van der Waals surface area contributed by atoms with E-state index in [-0.39, 0.29) is 11.6 Å². The monoisotopic (exact) mass is 310 g/mol. The van der Waals surface area contributed by atoms with E-state index in [1.54, 1.807) is 11.8 Å². The van der Waals surface area contributed by atoms with Gasteiger partial charge in [0.1, 0.15) is 5.00 Å². The molecule has 2 N–H and O–H groups in total. The smallest absolute Gasteiger partial charge is 0.338 e. The summed E-state index contributed by atoms with van der Waals surface area (Å²) in [6.45, 7) is 9.36. The van der Waals surface area contributed by atoms with Crippen LogP contribution in [-0.2, 0) is 0 Å². The third kappa shape index (κ3) is 3.37. The van der Waals surface area contributed by atoms with Gasteiger partial charge in [-0.25, -0.2) is 9.59 Å². The second-order valence-electron chi connectivity index (χ2n) is 6.07. The number of aromatic carboxylic acids is 1. The van der Waals surface area contributed by atoms with Crippen molar-refractivity contribution < 1.29 is 14.7 Å². The number of thiophene rings is 1. The molecule has 1 aromatic rings. The second kappa shape index (κ2) is 6.05. The summed E-state index contributed by atoms with van der Waals surface area (Å²) in [5.74, 6) is -0.0389. The van der Waals surface area contributed by atoms with E-state index in [0.29, 0.717) is 16.8 Å². The Labute approximate surface area is 129 Å². The van der Waals surface area contributed by atoms with Crippen LogP contribution < -0.4 is 5.32 Å². The molecule has 1 aliphatic heterocycles. The molecule has 0 spiro atoms. The number of rotatable bonds is 2. The van der Waals surface area contributed by atoms with Crippen molar-refractivity contribution in [2.24, 2.45) is 11.8 Å². The van der Waals surface area contributed by atoms with Crippen LogP contribution in [-0.4, -0.2) is 35.1 Å². The van der Waals surface area contributed by atoms with Crippen molar-refractivity contribution in [3.63, 3.8) is 0 Å². The number of piperidine rings is 1. The van der Waals surface area contributed by atoms with E-state index >= 15 is 0 Å². The number of nitrogens with one attached hydrogen (secondary N) is 1. The SMILES string of the molecule is Cc1sc(NC(=O)N2CC(C)CC(C)C2)c(C(=O)O)c1C. The fourth-order valence-corrected chi connectivity index (χ4v) is 4.02. The van der Waals surface area contributed by atoms with Gasteiger partial charge in [0, 0.05) is 18.0 Å². The van der Waals surface area contributed by atoms with Crippen LogP contribution in [0, 0.1) is 25.7 Å². The minimum atomic E-state index is -0.993. The summed E-state index contributed by atoms with van der Waals surface area (Å²) >= 11 is 1.32. The van der Waals surface area contributed by atoms with Gasteiger partial charge in [0.25, 0.3) is 0 Å². The van der Waals surface area contributed by atoms with Crippen LogP contribution in [0.1, 0.15) is 41.1 Å². The Bertz CT molecular complexity index is 558. The zero-order valence-corrected chi connectivity index (χ0v) is 13.7. The largest absolute Gasteiger partial charge is 0.478 e. The lowest BCUT2D eigenvalue weighted by molar-refractivity contribution is 0.0697. The first-order chi connectivity index (χ1) is 9.79. The average Bonchev–Trinajstić information content (AvgIpc) is 2.63. The molecular formula is C15H22N2O3S. The van der Waals surface area contributed by atoms with Crippen molar-refractivity contribution in [2.75, 3.05) is 18.4 Å². The molecule has 2 unspecified atom stereocenters. The first-order valence-corrected chi connectivity index (χ1v) is 8.00. The van der Waals surface area contributed by atoms with Crippen LogP contribution in [0.2, 0.25) is 0 Å². The van der Waals surface area contributed by atoms with Crippen LogP contribution in [0.4, 0.5) is 9.80 Å². The Kier molecular flexibility index (Phi) is 4.56. The van der Waals surface area contributed by atoms with E-state index in [2.05, 4.69) is 19.2 Å². The maximum Gasteiger partial charge on any atom is 0.338 e. The molecule has 0 radical (unpaired) electrons. The average molecular weight is 310 g/mol. The van der Waals surface area contributed by atoms with E-state index < -0.39 is 5.97 Å². The summed E-state index contributed by atoms with van der Waals surface area (Å²) in [6, 6.07) is -0.197. The number of amides is 2. The minimum absolute atomic E-state index is 0.197. The molecule has 1 aromatic heterocycles. The number of carboxylic acid groups (broad SMARTS) is 1. The number of hydrogen-bond donors (Lipinski definition) is 2. The highest BCUT2D eigenvalue weighted by atomic mass is 32.1. The number of urea groups is 1. The summed E-state index contributed by atoms with van der Waals surface area (Å²) < 4.78 is 0. The molecule has 116 valence electrons. The molecule has 21 heavy (non-hydrogen) atoms. The van der Waals surface area contributed by atoms with Crippen molar-refractivity contribution in [3.8, 4) is 0 Å². The fourth-order valence-electron chi connectivity index (χ4n) is 2.98. The standard InChI is InChI=1S/C15H22N2O3S/c1-8-5-9(2)7-17(6-8)15(20)16-13-12(14(18)19)10(3)11(4)21-13/h8-9H,5-7H2,1-4H3,(H,16,20)(H,18,19). The van der Waals surface area contributed by atoms with Crippen molar-refractivity contribution >= 4 is 28.3 Å². The van der Waals surface area contributed by atoms with Crippen LogP contribution in [0.25, 0.3) is 0 Å². The number of aryl methyl sites for hydroxylation is 1. The highest BCUT2D eigenvalue weighted by Crippen LogP contribution is 2.33. The molecule has 2 heterocycles. The number of hydrogen-bond acceptors (Lipinski definition) is 3. The molecule has 0 aromatic carbocycles. The molecule has 1 aliphatic rings. The van der Waals surface area contributed by atoms with Crippen LogP contribution >= 0.6 is 11.3 Å². The molecule has 0 bridgehead atoms. The molecule has 5 nitrogen and oxygen atoms in total. The Hall–Kier alpha value is -1.56. The predicted octanol–water partition coefficient (Wildman–Crippen LogP) is 3.57. The van der Waals surface area contributed by atoms with Crippen LogP contribution in [0.15, 0.2) is 0 Å². The molecule has 0 aliphatic carbocycles. The summed E-state index contributed by atoms with van der Waals surface area (Å²) in [5, 5.41) is 12.5. The van der Waals surface area contributed by atoms with Gasteiger partial charge in [0.15, 0.2) is 0 Å². The number of carboxylic acids is 1. The second-order valence-corrected chi connectivity index (χ2v) is 7.30. The highest BCUT2D eigenvalue weighted by molar-refractivity contribution is 7.16. The lowest BCUT2D eigenvalue weighted by atomic mass is 9.92. The first kappa shape index (κ1) is 15.8. The lowest BCUT2D eigenvalue weighted by Crippen LogP contribution is -2.44. The molecule has 2 atom stereocenters. The summed E-state index contributed by atoms with van der Waals surface area (Å²) in [4.78, 5) is 26.4. The number of likely N-dealkylation sites (tertiary alicyclic amines) is 1. The minimum Gasteiger partial charge on any atom is -0.478 e. The van der Waals surface area contributed by atoms with Crippen LogP contribution in [0.5, 0.6) is 0 Å². The number of anilines is 1. The molecule has 2 amide bonds. The molecule has 2 rings (SSSR count). The zero-order chi connectivity index (χ0) is 15.7. The number of carbonyl (C=O) groups excluding carboxylic acids is 1. The molecule has 1 fully saturated rings. The molecule has 6 heteroatoms. The van der Waals surface area contributed by atoms with Crippen molar-refractivity contribution in [3.05, 3.63) is 16.0 Å². The Balaban J connectivity index is 2.16. The molecule has 1 saturated heterocycles. The van der Waals surface area contributed by atoms with Gasteiger partial charge in [-0.15, -0.1) is 11.3 Å². The Morgan fingerprint density at radius 2 is 1.81 bits per heavy atom. The van der Waals surface area contributed by atoms with E-state index in [1.165, 1.54) is 11.3 Å². The molecular weight excluding hydrogens is 288 g/mol. The first-order valence-electron chi connectivity index (χ1n) is 7.18. The summed E-state index contributed by atoms with van der Waals surface area (Å²) in [7, 11) is 0. The predicted molar refractivity (Wildman–Crippen MR) is 84.3 cm³/mol. The highest BCUT2D eigenvalue weighted by Gasteiger charge is 2.27. The fraction of sp³-hybridized carbons (Fsp3) is 0.600. The molecule has 0 saturated carbocycles. The Morgan fingerprint density at radius 1 is 1.24 bits per heavy atom. The van der Waals surface area contributed by atoms with Gasteiger partial charge in [-0.1, -0.05) is 13.8 Å². The Morgan fingerprint density at radius 3 is 2.33 bits per heavy atom. The van der Waals surface area contributed by atoms with Gasteiger partial charge in [0.05, 0.1) is 5.56 Å². The van der Waals surface area contributed by atoms with Crippen molar-refractivity contribution in [2.45, 2.75) is 34.1 Å². The maximum atomic E-state index is 12.4. The van der Waals surface area contributed by atoms with Gasteiger partial charge < -0.3 is 10.0 Å². The summed E-state index contributed by atoms with van der Waals surface area (Å²) in [6.07, 6.45) is 1.13. The van der Waals surface area contributed by atoms with E-state index in [9.17, 15) is 14.7 Å². The van der Waals surface area contributed by atoms with Gasteiger partial charge in [0.2, 0.25) is 0 Å². The van der Waals surface area contributed by atoms with Gasteiger partial charge in [-0.3, -0.25) is 5.32 Å². The lowest BCUT2D eigenvalue weighted by Gasteiger charge is -2.34. The van der Waals surface area contributed by atoms with Gasteiger partial charge >= 0.3 is 12.0 Å². The maximum absolute atomic E-state index is 12.4. The third-order valence-electron chi connectivity index (χ3n) is 3.98. The van der Waals surface area contributed by atoms with E-state index in [0.717, 1.165) is 30.0 Å². The third-order valence-corrected chi connectivity index (χ3v) is 5.10. The summed E-state index contributed by atoms with van der Waals surface area (Å²) in [5.41, 5.74) is 0.937. The van der Waals surface area contributed by atoms with E-state index in [1.807, 2.05) is 6.92 Å². The number of carbonyl (C=O) groups is 2. The van der Waals surface area contributed by atoms with Crippen molar-refractivity contribution in [1.82, 2.24) is 4.90 Å². The van der Waals surface area contributed by atoms with Crippen LogP contribution in [0.3, 0.4) is 0 Å².